The molecule has 0 aliphatic rings. The van der Waals surface area contributed by atoms with Gasteiger partial charge in [0.1, 0.15) is 27.7 Å². The Bertz CT molecular complexity index is 1690. The van der Waals surface area contributed by atoms with Crippen LogP contribution in [-0.2, 0) is 6.54 Å². The Hall–Kier alpha value is -4.11. The molecule has 3 aromatic carbocycles. The summed E-state index contributed by atoms with van der Waals surface area (Å²) in [5.74, 6) is -1.80. The quantitative estimate of drug-likeness (QED) is 0.353. The van der Waals surface area contributed by atoms with Gasteiger partial charge in [0.05, 0.1) is 12.1 Å². The van der Waals surface area contributed by atoms with E-state index < -0.39 is 28.6 Å². The van der Waals surface area contributed by atoms with Crippen molar-refractivity contribution in [2.75, 3.05) is 0 Å². The molecule has 0 atom stereocenters. The molecule has 2 aromatic heterocycles. The molecule has 6 nitrogen and oxygen atoms in total. The smallest absolute Gasteiger partial charge is 0.354 e. The molecule has 0 aliphatic carbocycles. The summed E-state index contributed by atoms with van der Waals surface area (Å²) in [5.41, 5.74) is -0.961. The van der Waals surface area contributed by atoms with E-state index in [2.05, 4.69) is 0 Å². The van der Waals surface area contributed by atoms with Gasteiger partial charge in [-0.2, -0.15) is 0 Å². The molecule has 2 N–H and O–H groups in total. The van der Waals surface area contributed by atoms with Crippen LogP contribution in [0.2, 0.25) is 0 Å². The predicted molar refractivity (Wildman–Crippen MR) is 124 cm³/mol. The number of halogens is 2. The molecule has 9 heteroatoms. The molecule has 5 rings (SSSR count). The number of fused-ring (bicyclic) bond motifs is 3. The first-order chi connectivity index (χ1) is 16.3. The van der Waals surface area contributed by atoms with Crippen LogP contribution in [0.5, 0.6) is 11.5 Å². The van der Waals surface area contributed by atoms with Gasteiger partial charge in [0, 0.05) is 16.3 Å². The highest BCUT2D eigenvalue weighted by Crippen LogP contribution is 2.38. The van der Waals surface area contributed by atoms with Crippen molar-refractivity contribution in [1.82, 2.24) is 4.57 Å². The van der Waals surface area contributed by atoms with Crippen LogP contribution in [0.15, 0.2) is 90.5 Å². The third-order valence-corrected chi connectivity index (χ3v) is 6.45. The fraction of sp³-hybridized carbons (Fsp3) is 0.0400. The highest BCUT2D eigenvalue weighted by Gasteiger charge is 2.23. The van der Waals surface area contributed by atoms with E-state index in [0.717, 1.165) is 0 Å². The minimum Gasteiger partial charge on any atom is -0.508 e. The van der Waals surface area contributed by atoms with Crippen LogP contribution < -0.4 is 11.2 Å². The van der Waals surface area contributed by atoms with Gasteiger partial charge < -0.3 is 19.2 Å². The summed E-state index contributed by atoms with van der Waals surface area (Å²) in [5, 5.41) is 21.0. The van der Waals surface area contributed by atoms with E-state index in [1.807, 2.05) is 0 Å². The lowest BCUT2D eigenvalue weighted by Crippen LogP contribution is -2.22. The Morgan fingerprint density at radius 1 is 0.941 bits per heavy atom. The zero-order valence-electron chi connectivity index (χ0n) is 17.3. The number of aromatic nitrogens is 1. The summed E-state index contributed by atoms with van der Waals surface area (Å²) >= 11 is 0.649. The summed E-state index contributed by atoms with van der Waals surface area (Å²) in [7, 11) is 0. The SMILES string of the molecule is O=c1oc2c(c(O)c1Sc1ccccc1F)c(=O)n(Cc1ccc(F)cc1)c1cc(O)ccc21. The van der Waals surface area contributed by atoms with E-state index in [1.54, 1.807) is 6.07 Å². The Morgan fingerprint density at radius 3 is 2.41 bits per heavy atom. The third-order valence-electron chi connectivity index (χ3n) is 5.34. The van der Waals surface area contributed by atoms with Gasteiger partial charge in [0.2, 0.25) is 0 Å². The summed E-state index contributed by atoms with van der Waals surface area (Å²) in [6, 6.07) is 15.3. The Balaban J connectivity index is 1.80. The van der Waals surface area contributed by atoms with Crippen LogP contribution in [0, 0.1) is 11.6 Å². The normalized spacial score (nSPS) is 11.4. The van der Waals surface area contributed by atoms with E-state index in [9.17, 15) is 28.6 Å². The minimum atomic E-state index is -0.941. The molecule has 2 heterocycles. The van der Waals surface area contributed by atoms with Crippen molar-refractivity contribution in [2.24, 2.45) is 0 Å². The van der Waals surface area contributed by atoms with Crippen molar-refractivity contribution in [2.45, 2.75) is 16.3 Å². The van der Waals surface area contributed by atoms with Crippen LogP contribution in [0.4, 0.5) is 8.78 Å². The predicted octanol–water partition coefficient (Wildman–Crippen LogP) is 5.00. The van der Waals surface area contributed by atoms with Gasteiger partial charge >= 0.3 is 5.63 Å². The van der Waals surface area contributed by atoms with Gasteiger partial charge in [-0.15, -0.1) is 0 Å². The fourth-order valence-electron chi connectivity index (χ4n) is 3.73. The van der Waals surface area contributed by atoms with Crippen molar-refractivity contribution in [3.63, 3.8) is 0 Å². The first-order valence-electron chi connectivity index (χ1n) is 10.1. The van der Waals surface area contributed by atoms with Gasteiger partial charge in [-0.25, -0.2) is 13.6 Å². The molecule has 34 heavy (non-hydrogen) atoms. The second-order valence-electron chi connectivity index (χ2n) is 7.52. The van der Waals surface area contributed by atoms with Crippen LogP contribution >= 0.6 is 11.8 Å². The standard InChI is InChI=1S/C25H15F2NO5S/c26-14-7-5-13(6-8-14)12-28-18-11-15(29)9-10-16(18)22-20(24(28)31)21(30)23(25(32)33-22)34-19-4-2-1-3-17(19)27/h1-11,29-30H,12H2. The summed E-state index contributed by atoms with van der Waals surface area (Å²) in [6.07, 6.45) is 0. The number of nitrogens with zero attached hydrogens (tertiary/aromatic N) is 1. The van der Waals surface area contributed by atoms with Gasteiger partial charge in [0.15, 0.2) is 11.3 Å². The summed E-state index contributed by atoms with van der Waals surface area (Å²) in [6.45, 7) is -0.0106. The molecule has 0 bridgehead atoms. The van der Waals surface area contributed by atoms with Gasteiger partial charge in [0.25, 0.3) is 5.56 Å². The maximum atomic E-state index is 14.2. The maximum absolute atomic E-state index is 14.2. The van der Waals surface area contributed by atoms with E-state index in [0.29, 0.717) is 22.7 Å². The van der Waals surface area contributed by atoms with Crippen molar-refractivity contribution >= 4 is 33.6 Å². The van der Waals surface area contributed by atoms with E-state index >= 15 is 0 Å². The number of phenolic OH excluding ortho intramolecular Hbond substituents is 1. The number of hydrogen-bond donors (Lipinski definition) is 2. The molecule has 0 fully saturated rings. The summed E-state index contributed by atoms with van der Waals surface area (Å²) in [4.78, 5) is 26.0. The van der Waals surface area contributed by atoms with Crippen molar-refractivity contribution < 1.29 is 23.4 Å². The molecule has 0 radical (unpaired) electrons. The first-order valence-corrected chi connectivity index (χ1v) is 10.9. The molecule has 0 amide bonds. The van der Waals surface area contributed by atoms with Crippen LogP contribution in [-0.4, -0.2) is 14.8 Å². The highest BCUT2D eigenvalue weighted by molar-refractivity contribution is 7.99. The average Bonchev–Trinajstić information content (AvgIpc) is 2.81. The molecule has 0 unspecified atom stereocenters. The van der Waals surface area contributed by atoms with E-state index in [-0.39, 0.29) is 38.6 Å². The van der Waals surface area contributed by atoms with Crippen molar-refractivity contribution in [1.29, 1.82) is 0 Å². The molecule has 0 saturated carbocycles. The largest absolute Gasteiger partial charge is 0.508 e. The number of hydrogen-bond acceptors (Lipinski definition) is 6. The van der Waals surface area contributed by atoms with Crippen LogP contribution in [0.1, 0.15) is 5.56 Å². The van der Waals surface area contributed by atoms with E-state index in [1.165, 1.54) is 65.2 Å². The average molecular weight is 479 g/mol. The fourth-order valence-corrected chi connectivity index (χ4v) is 4.59. The number of phenols is 1. The van der Waals surface area contributed by atoms with Gasteiger partial charge in [-0.05, 0) is 42.0 Å². The second-order valence-corrected chi connectivity index (χ2v) is 8.58. The Labute approximate surface area is 194 Å². The number of aromatic hydroxyl groups is 2. The minimum absolute atomic E-state index is 0.0106. The monoisotopic (exact) mass is 479 g/mol. The van der Waals surface area contributed by atoms with E-state index in [4.69, 9.17) is 4.42 Å². The third kappa shape index (κ3) is 3.69. The summed E-state index contributed by atoms with van der Waals surface area (Å²) < 4.78 is 34.2. The Morgan fingerprint density at radius 2 is 1.68 bits per heavy atom. The lowest BCUT2D eigenvalue weighted by Gasteiger charge is -2.14. The molecule has 170 valence electrons. The zero-order chi connectivity index (χ0) is 24.0. The topological polar surface area (TPSA) is 92.7 Å². The van der Waals surface area contributed by atoms with Gasteiger partial charge in [-0.3, -0.25) is 4.79 Å². The zero-order valence-corrected chi connectivity index (χ0v) is 18.1. The molecule has 0 spiro atoms. The molecule has 5 aromatic rings. The van der Waals surface area contributed by atoms with Crippen molar-refractivity contribution in [3.8, 4) is 11.5 Å². The highest BCUT2D eigenvalue weighted by atomic mass is 32.2. The molecule has 0 aliphatic heterocycles. The molecular weight excluding hydrogens is 464 g/mol. The number of pyridine rings is 1. The Kier molecular flexibility index (Phi) is 5.33. The number of rotatable bonds is 4. The van der Waals surface area contributed by atoms with Gasteiger partial charge in [-0.1, -0.05) is 36.0 Å². The lowest BCUT2D eigenvalue weighted by atomic mass is 10.1. The molecule has 0 saturated heterocycles. The second kappa shape index (κ2) is 8.35. The van der Waals surface area contributed by atoms with Crippen LogP contribution in [0.25, 0.3) is 21.9 Å². The molecular formula is C25H15F2NO5S. The number of benzene rings is 3. The lowest BCUT2D eigenvalue weighted by molar-refractivity contribution is 0.446. The maximum Gasteiger partial charge on any atom is 0.354 e. The van der Waals surface area contributed by atoms with Crippen molar-refractivity contribution in [3.05, 3.63) is 105 Å². The van der Waals surface area contributed by atoms with Crippen LogP contribution in [0.3, 0.4) is 0 Å². The first kappa shape index (κ1) is 21.7.